The quantitative estimate of drug-likeness (QED) is 0.662. The van der Waals surface area contributed by atoms with Crippen LogP contribution >= 0.6 is 0 Å². The summed E-state index contributed by atoms with van der Waals surface area (Å²) in [5.74, 6) is 0. The van der Waals surface area contributed by atoms with Crippen molar-refractivity contribution in [3.8, 4) is 0 Å². The molecule has 0 N–H and O–H groups in total. The second-order valence-corrected chi connectivity index (χ2v) is 3.63. The zero-order valence-corrected chi connectivity index (χ0v) is 8.45. The van der Waals surface area contributed by atoms with Crippen LogP contribution in [0.1, 0.15) is 11.1 Å². The van der Waals surface area contributed by atoms with Gasteiger partial charge in [-0.05, 0) is 48.6 Å². The zero-order chi connectivity index (χ0) is 10.1. The van der Waals surface area contributed by atoms with Crippen LogP contribution < -0.4 is 0 Å². The number of hydrogen-bond acceptors (Lipinski definition) is 1. The molecule has 0 fully saturated rings. The smallest absolute Gasteiger partial charge is 0.139 e. The molecule has 14 heavy (non-hydrogen) atoms. The van der Waals surface area contributed by atoms with Gasteiger partial charge < -0.3 is 9.36 Å². The maximum Gasteiger partial charge on any atom is 0.139 e. The van der Waals surface area contributed by atoms with Crippen molar-refractivity contribution in [1.82, 2.24) is 4.57 Å². The normalized spacial score (nSPS) is 10.7. The van der Waals surface area contributed by atoms with Crippen molar-refractivity contribution >= 4 is 17.2 Å². The first-order chi connectivity index (χ1) is 6.72. The van der Waals surface area contributed by atoms with Crippen LogP contribution in [0.5, 0.6) is 0 Å². The van der Waals surface area contributed by atoms with E-state index in [2.05, 4.69) is 26.0 Å². The highest BCUT2D eigenvalue weighted by molar-refractivity contribution is 5.82. The van der Waals surface area contributed by atoms with Gasteiger partial charge in [0.05, 0.1) is 6.54 Å². The Bertz CT molecular complexity index is 482. The third-order valence-electron chi connectivity index (χ3n) is 2.66. The molecule has 2 rings (SSSR count). The van der Waals surface area contributed by atoms with Crippen molar-refractivity contribution in [1.29, 1.82) is 0 Å². The lowest BCUT2D eigenvalue weighted by molar-refractivity contribution is -0.108. The van der Waals surface area contributed by atoms with Crippen LogP contribution in [0.25, 0.3) is 10.9 Å². The van der Waals surface area contributed by atoms with Crippen LogP contribution in [0.3, 0.4) is 0 Å². The van der Waals surface area contributed by atoms with Crippen LogP contribution in [0.4, 0.5) is 0 Å². The Balaban J connectivity index is 2.67. The molecule has 2 nitrogen and oxygen atoms in total. The van der Waals surface area contributed by atoms with Crippen molar-refractivity contribution in [2.24, 2.45) is 0 Å². The van der Waals surface area contributed by atoms with E-state index < -0.39 is 0 Å². The van der Waals surface area contributed by atoms with Gasteiger partial charge in [0.2, 0.25) is 0 Å². The Labute approximate surface area is 83.2 Å². The summed E-state index contributed by atoms with van der Waals surface area (Å²) in [7, 11) is 0. The largest absolute Gasteiger partial charge is 0.340 e. The number of hydrogen-bond donors (Lipinski definition) is 0. The molecule has 0 aliphatic carbocycles. The number of carbonyl (C=O) groups excluding carboxylic acids is 1. The number of aromatic nitrogens is 1. The number of benzene rings is 1. The standard InChI is InChI=1S/C12H13NO/c1-9-7-11-3-4-13(5-6-14)12(11)8-10(9)2/h3-4,6-8H,5H2,1-2H3. The topological polar surface area (TPSA) is 22.0 Å². The minimum Gasteiger partial charge on any atom is -0.340 e. The number of nitrogens with zero attached hydrogens (tertiary/aromatic N) is 1. The number of carbonyl (C=O) groups is 1. The summed E-state index contributed by atoms with van der Waals surface area (Å²) in [6.45, 7) is 4.63. The lowest BCUT2D eigenvalue weighted by Gasteiger charge is -2.03. The van der Waals surface area contributed by atoms with Gasteiger partial charge in [-0.15, -0.1) is 0 Å². The van der Waals surface area contributed by atoms with Gasteiger partial charge in [0, 0.05) is 11.7 Å². The molecular weight excluding hydrogens is 174 g/mol. The third-order valence-corrected chi connectivity index (χ3v) is 2.66. The summed E-state index contributed by atoms with van der Waals surface area (Å²) in [5.41, 5.74) is 3.70. The van der Waals surface area contributed by atoms with Crippen LogP contribution in [0, 0.1) is 13.8 Å². The van der Waals surface area contributed by atoms with Crippen LogP contribution in [-0.4, -0.2) is 10.9 Å². The summed E-state index contributed by atoms with van der Waals surface area (Å²) in [6.07, 6.45) is 2.88. The Morgan fingerprint density at radius 3 is 2.71 bits per heavy atom. The van der Waals surface area contributed by atoms with Crippen LogP contribution in [0.2, 0.25) is 0 Å². The van der Waals surface area contributed by atoms with Gasteiger partial charge in [-0.3, -0.25) is 0 Å². The van der Waals surface area contributed by atoms with Crippen molar-refractivity contribution in [2.75, 3.05) is 0 Å². The zero-order valence-electron chi connectivity index (χ0n) is 8.45. The fourth-order valence-electron chi connectivity index (χ4n) is 1.70. The highest BCUT2D eigenvalue weighted by Gasteiger charge is 2.02. The van der Waals surface area contributed by atoms with E-state index in [1.54, 1.807) is 0 Å². The molecule has 0 atom stereocenters. The fraction of sp³-hybridized carbons (Fsp3) is 0.250. The van der Waals surface area contributed by atoms with Gasteiger partial charge in [0.25, 0.3) is 0 Å². The van der Waals surface area contributed by atoms with Gasteiger partial charge in [-0.1, -0.05) is 0 Å². The maximum absolute atomic E-state index is 10.4. The second-order valence-electron chi connectivity index (χ2n) is 3.63. The molecule has 72 valence electrons. The van der Waals surface area contributed by atoms with Gasteiger partial charge in [-0.2, -0.15) is 0 Å². The molecule has 2 aromatic rings. The van der Waals surface area contributed by atoms with Crippen LogP contribution in [-0.2, 0) is 11.3 Å². The van der Waals surface area contributed by atoms with Crippen LogP contribution in [0.15, 0.2) is 24.4 Å². The summed E-state index contributed by atoms with van der Waals surface area (Å²) >= 11 is 0. The van der Waals surface area contributed by atoms with Crippen molar-refractivity contribution in [3.63, 3.8) is 0 Å². The average Bonchev–Trinajstić information content (AvgIpc) is 2.51. The number of rotatable bonds is 2. The molecule has 1 heterocycles. The minimum absolute atomic E-state index is 0.437. The summed E-state index contributed by atoms with van der Waals surface area (Å²) in [5, 5.41) is 1.20. The minimum atomic E-state index is 0.437. The fourth-order valence-corrected chi connectivity index (χ4v) is 1.70. The van der Waals surface area contributed by atoms with Crippen molar-refractivity contribution in [2.45, 2.75) is 20.4 Å². The SMILES string of the molecule is Cc1cc2ccn(CC=O)c2cc1C. The van der Waals surface area contributed by atoms with E-state index in [1.165, 1.54) is 16.5 Å². The molecular formula is C12H13NO. The van der Waals surface area contributed by atoms with E-state index in [0.29, 0.717) is 6.54 Å². The van der Waals surface area contributed by atoms with Gasteiger partial charge in [0.1, 0.15) is 6.29 Å². The van der Waals surface area contributed by atoms with Gasteiger partial charge >= 0.3 is 0 Å². The highest BCUT2D eigenvalue weighted by Crippen LogP contribution is 2.20. The van der Waals surface area contributed by atoms with Crippen molar-refractivity contribution in [3.05, 3.63) is 35.5 Å². The van der Waals surface area contributed by atoms with E-state index in [4.69, 9.17) is 0 Å². The first-order valence-electron chi connectivity index (χ1n) is 4.72. The molecule has 0 unspecified atom stereocenters. The highest BCUT2D eigenvalue weighted by atomic mass is 16.1. The lowest BCUT2D eigenvalue weighted by Crippen LogP contribution is -1.96. The van der Waals surface area contributed by atoms with E-state index in [0.717, 1.165) is 11.8 Å². The molecule has 0 spiro atoms. The maximum atomic E-state index is 10.4. The number of fused-ring (bicyclic) bond motifs is 1. The van der Waals surface area contributed by atoms with E-state index in [-0.39, 0.29) is 0 Å². The third kappa shape index (κ3) is 1.33. The summed E-state index contributed by atoms with van der Waals surface area (Å²) in [6, 6.07) is 6.34. The van der Waals surface area contributed by atoms with E-state index in [1.807, 2.05) is 16.8 Å². The molecule has 1 aromatic heterocycles. The molecule has 0 amide bonds. The number of aryl methyl sites for hydroxylation is 2. The Kier molecular flexibility index (Phi) is 2.12. The number of aldehydes is 1. The monoisotopic (exact) mass is 187 g/mol. The van der Waals surface area contributed by atoms with Gasteiger partial charge in [-0.25, -0.2) is 0 Å². The predicted molar refractivity (Wildman–Crippen MR) is 57.5 cm³/mol. The molecule has 0 saturated carbocycles. The average molecular weight is 187 g/mol. The Morgan fingerprint density at radius 2 is 2.00 bits per heavy atom. The Hall–Kier alpha value is -1.57. The van der Waals surface area contributed by atoms with E-state index in [9.17, 15) is 4.79 Å². The molecule has 0 radical (unpaired) electrons. The molecule has 2 heteroatoms. The Morgan fingerprint density at radius 1 is 1.29 bits per heavy atom. The molecule has 0 saturated heterocycles. The van der Waals surface area contributed by atoms with Crippen molar-refractivity contribution < 1.29 is 4.79 Å². The first kappa shape index (κ1) is 9.00. The molecule has 1 aromatic carbocycles. The lowest BCUT2D eigenvalue weighted by atomic mass is 10.1. The predicted octanol–water partition coefficient (Wildman–Crippen LogP) is 2.46. The second kappa shape index (κ2) is 3.29. The summed E-state index contributed by atoms with van der Waals surface area (Å²) in [4.78, 5) is 10.4. The molecule has 0 aliphatic rings. The molecule has 0 aliphatic heterocycles. The van der Waals surface area contributed by atoms with Gasteiger partial charge in [0.15, 0.2) is 0 Å². The first-order valence-corrected chi connectivity index (χ1v) is 4.72. The summed E-state index contributed by atoms with van der Waals surface area (Å²) < 4.78 is 1.97. The molecule has 0 bridgehead atoms. The van der Waals surface area contributed by atoms with E-state index >= 15 is 0 Å².